The zero-order valence-corrected chi connectivity index (χ0v) is 19.7. The second kappa shape index (κ2) is 13.4. The van der Waals surface area contributed by atoms with E-state index in [0.29, 0.717) is 25.6 Å². The Hall–Kier alpha value is -1.77. The van der Waals surface area contributed by atoms with Crippen molar-refractivity contribution < 1.29 is 9.26 Å². The summed E-state index contributed by atoms with van der Waals surface area (Å²) in [6.45, 7) is 10.9. The van der Waals surface area contributed by atoms with Crippen LogP contribution in [0.3, 0.4) is 0 Å². The summed E-state index contributed by atoms with van der Waals surface area (Å²) in [7, 11) is 0. The molecule has 0 atom stereocenters. The average Bonchev–Trinajstić information content (AvgIpc) is 3.15. The molecule has 2 rings (SSSR count). The first-order valence-electron chi connectivity index (χ1n) is 9.90. The zero-order valence-electron chi connectivity index (χ0n) is 17.3. The number of hydrogen-bond acceptors (Lipinski definition) is 4. The van der Waals surface area contributed by atoms with E-state index in [1.807, 2.05) is 44.2 Å². The van der Waals surface area contributed by atoms with E-state index in [9.17, 15) is 0 Å². The predicted octanol–water partition coefficient (Wildman–Crippen LogP) is 4.85. The molecular formula is C21H33IN4O2. The Morgan fingerprint density at radius 3 is 2.57 bits per heavy atom. The summed E-state index contributed by atoms with van der Waals surface area (Å²) >= 11 is 0. The molecule has 0 unspecified atom stereocenters. The molecule has 2 N–H and O–H groups in total. The van der Waals surface area contributed by atoms with E-state index in [2.05, 4.69) is 34.6 Å². The number of halogens is 1. The van der Waals surface area contributed by atoms with Crippen LogP contribution >= 0.6 is 24.0 Å². The number of nitrogens with one attached hydrogen (secondary N) is 2. The molecule has 0 fully saturated rings. The quantitative estimate of drug-likeness (QED) is 0.277. The van der Waals surface area contributed by atoms with Crippen molar-refractivity contribution in [2.24, 2.45) is 4.99 Å². The van der Waals surface area contributed by atoms with Gasteiger partial charge in [-0.3, -0.25) is 0 Å². The lowest BCUT2D eigenvalue weighted by atomic mass is 9.99. The Labute approximate surface area is 185 Å². The van der Waals surface area contributed by atoms with Crippen LogP contribution in [0.5, 0.6) is 5.75 Å². The number of guanidine groups is 1. The number of benzene rings is 1. The van der Waals surface area contributed by atoms with E-state index >= 15 is 0 Å². The van der Waals surface area contributed by atoms with Crippen LogP contribution in [-0.2, 0) is 13.1 Å². The standard InChI is InChI=1S/C21H32N4O2.HI/c1-5-16(6-2)19-13-18(27-25-19)15-24-21(22-7-3)23-14-17-11-9-10-12-20(17)26-8-4;/h9-13,16H,5-8,14-15H2,1-4H3,(H2,22,23,24);1H. The summed E-state index contributed by atoms with van der Waals surface area (Å²) in [5.41, 5.74) is 2.09. The van der Waals surface area contributed by atoms with Crippen LogP contribution in [0.2, 0.25) is 0 Å². The Morgan fingerprint density at radius 2 is 1.89 bits per heavy atom. The van der Waals surface area contributed by atoms with E-state index in [1.54, 1.807) is 0 Å². The first-order valence-corrected chi connectivity index (χ1v) is 9.90. The minimum atomic E-state index is 0. The maximum atomic E-state index is 5.67. The Kier molecular flexibility index (Phi) is 11.6. The van der Waals surface area contributed by atoms with Crippen LogP contribution in [0.4, 0.5) is 0 Å². The maximum absolute atomic E-state index is 5.67. The molecule has 1 aromatic carbocycles. The lowest BCUT2D eigenvalue weighted by Gasteiger charge is -2.11. The smallest absolute Gasteiger partial charge is 0.191 e. The maximum Gasteiger partial charge on any atom is 0.191 e. The number of hydrogen-bond donors (Lipinski definition) is 2. The molecule has 0 saturated heterocycles. The summed E-state index contributed by atoms with van der Waals surface area (Å²) in [6.07, 6.45) is 2.14. The monoisotopic (exact) mass is 500 g/mol. The van der Waals surface area contributed by atoms with Crippen molar-refractivity contribution in [3.05, 3.63) is 47.3 Å². The third-order valence-corrected chi connectivity index (χ3v) is 4.44. The van der Waals surface area contributed by atoms with Gasteiger partial charge in [-0.25, -0.2) is 4.99 Å². The largest absolute Gasteiger partial charge is 0.494 e. The van der Waals surface area contributed by atoms with Gasteiger partial charge in [0, 0.05) is 24.1 Å². The van der Waals surface area contributed by atoms with E-state index in [4.69, 9.17) is 9.26 Å². The van der Waals surface area contributed by atoms with Crippen LogP contribution in [0.1, 0.15) is 63.5 Å². The van der Waals surface area contributed by atoms with Crippen LogP contribution in [-0.4, -0.2) is 24.3 Å². The van der Waals surface area contributed by atoms with Crippen molar-refractivity contribution in [1.82, 2.24) is 15.8 Å². The fourth-order valence-electron chi connectivity index (χ4n) is 2.92. The van der Waals surface area contributed by atoms with Crippen LogP contribution in [0, 0.1) is 0 Å². The lowest BCUT2D eigenvalue weighted by molar-refractivity contribution is 0.336. The summed E-state index contributed by atoms with van der Waals surface area (Å²) in [5, 5.41) is 10.8. The fraction of sp³-hybridized carbons (Fsp3) is 0.524. The number of para-hydroxylation sites is 1. The van der Waals surface area contributed by atoms with E-state index in [1.165, 1.54) is 0 Å². The van der Waals surface area contributed by atoms with Gasteiger partial charge in [-0.2, -0.15) is 0 Å². The van der Waals surface area contributed by atoms with Gasteiger partial charge >= 0.3 is 0 Å². The molecule has 28 heavy (non-hydrogen) atoms. The minimum Gasteiger partial charge on any atom is -0.494 e. The van der Waals surface area contributed by atoms with Gasteiger partial charge in [0.15, 0.2) is 11.7 Å². The molecule has 7 heteroatoms. The minimum absolute atomic E-state index is 0. The molecule has 0 radical (unpaired) electrons. The van der Waals surface area contributed by atoms with Crippen LogP contribution in [0.15, 0.2) is 39.8 Å². The van der Waals surface area contributed by atoms with E-state index in [-0.39, 0.29) is 24.0 Å². The van der Waals surface area contributed by atoms with Gasteiger partial charge < -0.3 is 19.9 Å². The Bertz CT molecular complexity index is 714. The van der Waals surface area contributed by atoms with Gasteiger partial charge in [-0.15, -0.1) is 24.0 Å². The third kappa shape index (κ3) is 7.33. The molecule has 0 amide bonds. The van der Waals surface area contributed by atoms with Gasteiger partial charge in [-0.05, 0) is 32.8 Å². The van der Waals surface area contributed by atoms with Crippen molar-refractivity contribution in [1.29, 1.82) is 0 Å². The third-order valence-electron chi connectivity index (χ3n) is 4.44. The van der Waals surface area contributed by atoms with Gasteiger partial charge in [0.1, 0.15) is 5.75 Å². The predicted molar refractivity (Wildman–Crippen MR) is 125 cm³/mol. The molecule has 0 aliphatic heterocycles. The molecule has 6 nitrogen and oxygen atoms in total. The van der Waals surface area contributed by atoms with Gasteiger partial charge in [0.05, 0.1) is 25.4 Å². The zero-order chi connectivity index (χ0) is 19.5. The summed E-state index contributed by atoms with van der Waals surface area (Å²) in [4.78, 5) is 4.67. The summed E-state index contributed by atoms with van der Waals surface area (Å²) in [6, 6.07) is 10.0. The fourth-order valence-corrected chi connectivity index (χ4v) is 2.92. The molecular weight excluding hydrogens is 467 g/mol. The highest BCUT2D eigenvalue weighted by molar-refractivity contribution is 14.0. The van der Waals surface area contributed by atoms with Crippen molar-refractivity contribution in [3.8, 4) is 5.75 Å². The highest BCUT2D eigenvalue weighted by atomic mass is 127. The number of nitrogens with zero attached hydrogens (tertiary/aromatic N) is 2. The average molecular weight is 500 g/mol. The highest BCUT2D eigenvalue weighted by Crippen LogP contribution is 2.22. The van der Waals surface area contributed by atoms with Gasteiger partial charge in [0.25, 0.3) is 0 Å². The molecule has 0 saturated carbocycles. The molecule has 156 valence electrons. The van der Waals surface area contributed by atoms with Gasteiger partial charge in [0.2, 0.25) is 0 Å². The molecule has 2 aromatic rings. The van der Waals surface area contributed by atoms with Crippen molar-refractivity contribution in [2.75, 3.05) is 13.2 Å². The van der Waals surface area contributed by atoms with Crippen LogP contribution < -0.4 is 15.4 Å². The molecule has 1 heterocycles. The first-order chi connectivity index (χ1) is 13.2. The second-order valence-electron chi connectivity index (χ2n) is 6.32. The SMILES string of the molecule is CCNC(=NCc1ccccc1OCC)NCc1cc(C(CC)CC)no1.I. The lowest BCUT2D eigenvalue weighted by Crippen LogP contribution is -2.36. The number of aliphatic imine (C=N–C) groups is 1. The Morgan fingerprint density at radius 1 is 1.14 bits per heavy atom. The van der Waals surface area contributed by atoms with E-state index in [0.717, 1.165) is 48.1 Å². The number of rotatable bonds is 10. The van der Waals surface area contributed by atoms with Crippen LogP contribution in [0.25, 0.3) is 0 Å². The van der Waals surface area contributed by atoms with Gasteiger partial charge in [-0.1, -0.05) is 37.2 Å². The second-order valence-corrected chi connectivity index (χ2v) is 6.32. The van der Waals surface area contributed by atoms with Crippen molar-refractivity contribution in [3.63, 3.8) is 0 Å². The van der Waals surface area contributed by atoms with Crippen molar-refractivity contribution in [2.45, 2.75) is 59.5 Å². The molecule has 0 aliphatic carbocycles. The molecule has 0 bridgehead atoms. The highest BCUT2D eigenvalue weighted by Gasteiger charge is 2.13. The summed E-state index contributed by atoms with van der Waals surface area (Å²) < 4.78 is 11.1. The Balaban J connectivity index is 0.00000392. The number of ether oxygens (including phenoxy) is 1. The normalized spacial score (nSPS) is 11.2. The molecule has 0 aliphatic rings. The first kappa shape index (κ1) is 24.3. The summed E-state index contributed by atoms with van der Waals surface area (Å²) in [5.74, 6) is 2.89. The number of aromatic nitrogens is 1. The van der Waals surface area contributed by atoms with E-state index < -0.39 is 0 Å². The van der Waals surface area contributed by atoms with Crippen molar-refractivity contribution >= 4 is 29.9 Å². The molecule has 1 aromatic heterocycles. The molecule has 0 spiro atoms. The topological polar surface area (TPSA) is 71.7 Å².